The number of hydrogen-bond acceptors (Lipinski definition) is 4. The Hall–Kier alpha value is -2.21. The van der Waals surface area contributed by atoms with E-state index in [1.54, 1.807) is 10.9 Å². The summed E-state index contributed by atoms with van der Waals surface area (Å²) in [6.45, 7) is 0.847. The fraction of sp³-hybridized carbons (Fsp3) is 0.308. The molecule has 0 aliphatic carbocycles. The predicted octanol–water partition coefficient (Wildman–Crippen LogP) is 0.773. The summed E-state index contributed by atoms with van der Waals surface area (Å²) in [6.07, 6.45) is 1.61. The fourth-order valence-corrected chi connectivity index (χ4v) is 1.83. The van der Waals surface area contributed by atoms with Gasteiger partial charge in [0.05, 0.1) is 12.5 Å². The SMILES string of the molecule is Cn1cnnc1CNCC(C(=O)O)c1ccccc1. The molecule has 2 aromatic rings. The summed E-state index contributed by atoms with van der Waals surface area (Å²) in [5, 5.41) is 20.1. The number of carbonyl (C=O) groups is 1. The number of benzene rings is 1. The minimum atomic E-state index is -0.836. The van der Waals surface area contributed by atoms with E-state index in [1.807, 2.05) is 37.4 Å². The smallest absolute Gasteiger partial charge is 0.312 e. The van der Waals surface area contributed by atoms with Crippen LogP contribution in [0.15, 0.2) is 36.7 Å². The number of aromatic nitrogens is 3. The maximum atomic E-state index is 11.3. The van der Waals surface area contributed by atoms with Crippen LogP contribution in [0.5, 0.6) is 0 Å². The minimum Gasteiger partial charge on any atom is -0.481 e. The highest BCUT2D eigenvalue weighted by atomic mass is 16.4. The lowest BCUT2D eigenvalue weighted by Crippen LogP contribution is -2.27. The molecular formula is C13H16N4O2. The van der Waals surface area contributed by atoms with Gasteiger partial charge in [0.1, 0.15) is 12.2 Å². The Bertz CT molecular complexity index is 539. The number of carboxylic acids is 1. The van der Waals surface area contributed by atoms with Crippen molar-refractivity contribution in [3.63, 3.8) is 0 Å². The Morgan fingerprint density at radius 2 is 2.16 bits per heavy atom. The van der Waals surface area contributed by atoms with Crippen molar-refractivity contribution < 1.29 is 9.90 Å². The van der Waals surface area contributed by atoms with Crippen molar-refractivity contribution in [1.29, 1.82) is 0 Å². The molecule has 2 N–H and O–H groups in total. The van der Waals surface area contributed by atoms with Crippen LogP contribution < -0.4 is 5.32 Å². The van der Waals surface area contributed by atoms with Gasteiger partial charge in [-0.25, -0.2) is 0 Å². The van der Waals surface area contributed by atoms with Crippen LogP contribution >= 0.6 is 0 Å². The molecule has 0 aliphatic heterocycles. The number of carboxylic acid groups (broad SMARTS) is 1. The second kappa shape index (κ2) is 6.10. The molecule has 0 bridgehead atoms. The molecule has 0 spiro atoms. The molecule has 0 saturated carbocycles. The number of aryl methyl sites for hydroxylation is 1. The van der Waals surface area contributed by atoms with Gasteiger partial charge in [-0.15, -0.1) is 10.2 Å². The highest BCUT2D eigenvalue weighted by Crippen LogP contribution is 2.14. The summed E-state index contributed by atoms with van der Waals surface area (Å²) in [7, 11) is 1.85. The molecule has 1 atom stereocenters. The van der Waals surface area contributed by atoms with Crippen LogP contribution in [0.25, 0.3) is 0 Å². The Morgan fingerprint density at radius 3 is 2.74 bits per heavy atom. The van der Waals surface area contributed by atoms with Crippen LogP contribution in [0.3, 0.4) is 0 Å². The second-order valence-corrected chi connectivity index (χ2v) is 4.29. The van der Waals surface area contributed by atoms with Crippen molar-refractivity contribution in [2.45, 2.75) is 12.5 Å². The zero-order valence-electron chi connectivity index (χ0n) is 10.7. The molecule has 0 radical (unpaired) electrons. The first-order chi connectivity index (χ1) is 9.18. The molecule has 100 valence electrons. The maximum Gasteiger partial charge on any atom is 0.312 e. The third-order valence-electron chi connectivity index (χ3n) is 2.94. The monoisotopic (exact) mass is 260 g/mol. The lowest BCUT2D eigenvalue weighted by atomic mass is 9.99. The first-order valence-electron chi connectivity index (χ1n) is 6.00. The normalized spacial score (nSPS) is 12.3. The van der Waals surface area contributed by atoms with Crippen LogP contribution in [0.1, 0.15) is 17.3 Å². The van der Waals surface area contributed by atoms with Crippen molar-refractivity contribution in [2.75, 3.05) is 6.54 Å². The predicted molar refractivity (Wildman–Crippen MR) is 69.5 cm³/mol. The fourth-order valence-electron chi connectivity index (χ4n) is 1.83. The van der Waals surface area contributed by atoms with Crippen LogP contribution in [0.4, 0.5) is 0 Å². The quantitative estimate of drug-likeness (QED) is 0.802. The molecule has 6 nitrogen and oxygen atoms in total. The first-order valence-corrected chi connectivity index (χ1v) is 6.00. The van der Waals surface area contributed by atoms with Crippen molar-refractivity contribution >= 4 is 5.97 Å². The zero-order chi connectivity index (χ0) is 13.7. The van der Waals surface area contributed by atoms with Gasteiger partial charge < -0.3 is 15.0 Å². The van der Waals surface area contributed by atoms with Crippen molar-refractivity contribution in [3.05, 3.63) is 48.0 Å². The molecule has 2 rings (SSSR count). The molecule has 1 aromatic carbocycles. The third-order valence-corrected chi connectivity index (χ3v) is 2.94. The van der Waals surface area contributed by atoms with Gasteiger partial charge in [0.15, 0.2) is 0 Å². The Morgan fingerprint density at radius 1 is 1.42 bits per heavy atom. The number of aliphatic carboxylic acids is 1. The largest absolute Gasteiger partial charge is 0.481 e. The summed E-state index contributed by atoms with van der Waals surface area (Å²) in [5.74, 6) is -0.622. The van der Waals surface area contributed by atoms with E-state index < -0.39 is 11.9 Å². The molecule has 19 heavy (non-hydrogen) atoms. The first kappa shape index (κ1) is 13.2. The molecule has 0 amide bonds. The summed E-state index contributed by atoms with van der Waals surface area (Å²) in [6, 6.07) is 9.20. The van der Waals surface area contributed by atoms with Gasteiger partial charge in [0.2, 0.25) is 0 Å². The zero-order valence-corrected chi connectivity index (χ0v) is 10.7. The highest BCUT2D eigenvalue weighted by molar-refractivity contribution is 5.76. The lowest BCUT2D eigenvalue weighted by Gasteiger charge is -2.13. The van der Waals surface area contributed by atoms with Crippen molar-refractivity contribution in [2.24, 2.45) is 7.05 Å². The topological polar surface area (TPSA) is 80.0 Å². The van der Waals surface area contributed by atoms with Crippen LogP contribution in [-0.4, -0.2) is 32.4 Å². The molecule has 0 aliphatic rings. The molecule has 0 fully saturated rings. The van der Waals surface area contributed by atoms with E-state index in [4.69, 9.17) is 0 Å². The molecule has 6 heteroatoms. The van der Waals surface area contributed by atoms with Gasteiger partial charge in [0.25, 0.3) is 0 Å². The minimum absolute atomic E-state index is 0.353. The van der Waals surface area contributed by atoms with Crippen LogP contribution in [-0.2, 0) is 18.4 Å². The average molecular weight is 260 g/mol. The van der Waals surface area contributed by atoms with E-state index in [2.05, 4.69) is 15.5 Å². The van der Waals surface area contributed by atoms with Gasteiger partial charge in [-0.3, -0.25) is 4.79 Å². The van der Waals surface area contributed by atoms with Crippen molar-refractivity contribution in [1.82, 2.24) is 20.1 Å². The number of nitrogens with one attached hydrogen (secondary N) is 1. The Balaban J connectivity index is 1.95. The van der Waals surface area contributed by atoms with E-state index in [-0.39, 0.29) is 0 Å². The van der Waals surface area contributed by atoms with E-state index in [1.165, 1.54) is 0 Å². The lowest BCUT2D eigenvalue weighted by molar-refractivity contribution is -0.138. The summed E-state index contributed by atoms with van der Waals surface area (Å²) >= 11 is 0. The van der Waals surface area contributed by atoms with E-state index >= 15 is 0 Å². The van der Waals surface area contributed by atoms with Gasteiger partial charge in [-0.2, -0.15) is 0 Å². The van der Waals surface area contributed by atoms with Crippen LogP contribution in [0, 0.1) is 0 Å². The molecule has 0 saturated heterocycles. The highest BCUT2D eigenvalue weighted by Gasteiger charge is 2.19. The van der Waals surface area contributed by atoms with E-state index in [0.29, 0.717) is 13.1 Å². The van der Waals surface area contributed by atoms with E-state index in [0.717, 1.165) is 11.4 Å². The summed E-state index contributed by atoms with van der Waals surface area (Å²) in [5.41, 5.74) is 0.792. The number of rotatable bonds is 6. The third kappa shape index (κ3) is 3.38. The van der Waals surface area contributed by atoms with Gasteiger partial charge in [-0.05, 0) is 5.56 Å². The molecule has 1 heterocycles. The summed E-state index contributed by atoms with van der Waals surface area (Å²) < 4.78 is 1.80. The Kier molecular flexibility index (Phi) is 4.25. The Labute approximate surface area is 111 Å². The molecular weight excluding hydrogens is 244 g/mol. The van der Waals surface area contributed by atoms with Crippen LogP contribution in [0.2, 0.25) is 0 Å². The van der Waals surface area contributed by atoms with Gasteiger partial charge in [-0.1, -0.05) is 30.3 Å². The van der Waals surface area contributed by atoms with Gasteiger partial charge in [0, 0.05) is 13.6 Å². The second-order valence-electron chi connectivity index (χ2n) is 4.29. The number of nitrogens with zero attached hydrogens (tertiary/aromatic N) is 3. The average Bonchev–Trinajstić information content (AvgIpc) is 2.81. The van der Waals surface area contributed by atoms with E-state index in [9.17, 15) is 9.90 Å². The molecule has 1 aromatic heterocycles. The standard InChI is InChI=1S/C13H16N4O2/c1-17-9-15-16-12(17)8-14-7-11(13(18)19)10-5-3-2-4-6-10/h2-6,9,11,14H,7-8H2,1H3,(H,18,19). The molecule has 1 unspecified atom stereocenters. The van der Waals surface area contributed by atoms with Crippen molar-refractivity contribution in [3.8, 4) is 0 Å². The van der Waals surface area contributed by atoms with Gasteiger partial charge >= 0.3 is 5.97 Å². The number of hydrogen-bond donors (Lipinski definition) is 2. The summed E-state index contributed by atoms with van der Waals surface area (Å²) in [4.78, 5) is 11.3. The maximum absolute atomic E-state index is 11.3.